The second kappa shape index (κ2) is 5.94. The number of hydrogen-bond acceptors (Lipinski definition) is 2. The molecular weight excluding hydrogens is 319 g/mol. The molecule has 4 rings (SSSR count). The fourth-order valence-corrected chi connectivity index (χ4v) is 3.88. The van der Waals surface area contributed by atoms with Gasteiger partial charge in [-0.2, -0.15) is 0 Å². The molecule has 0 aromatic heterocycles. The van der Waals surface area contributed by atoms with Gasteiger partial charge in [0.2, 0.25) is 0 Å². The Morgan fingerprint density at radius 3 is 2.15 bits per heavy atom. The zero-order chi connectivity index (χ0) is 18.5. The Kier molecular flexibility index (Phi) is 3.84. The predicted octanol–water partition coefficient (Wildman–Crippen LogP) is 3.62. The number of aromatic hydroxyl groups is 1. The Hall–Kier alpha value is -2.68. The molecule has 26 heavy (non-hydrogen) atoms. The van der Waals surface area contributed by atoms with E-state index in [0.29, 0.717) is 5.75 Å². The first kappa shape index (κ1) is 16.8. The number of aryl methyl sites for hydroxylation is 1. The van der Waals surface area contributed by atoms with Crippen LogP contribution in [-0.4, -0.2) is 11.8 Å². The highest BCUT2D eigenvalue weighted by Gasteiger charge is 2.37. The third kappa shape index (κ3) is 2.59. The van der Waals surface area contributed by atoms with Gasteiger partial charge in [-0.05, 0) is 35.5 Å². The molecule has 1 aliphatic rings. The van der Waals surface area contributed by atoms with Crippen LogP contribution in [-0.2, 0) is 5.41 Å². The van der Waals surface area contributed by atoms with E-state index >= 15 is 0 Å². The summed E-state index contributed by atoms with van der Waals surface area (Å²) in [5.74, 6) is 1.94. The third-order valence-electron chi connectivity index (χ3n) is 5.22. The molecular formula is C23H23BO2. The molecule has 1 aliphatic heterocycles. The van der Waals surface area contributed by atoms with E-state index in [0.717, 1.165) is 28.0 Å². The van der Waals surface area contributed by atoms with Gasteiger partial charge in [-0.25, -0.2) is 0 Å². The highest BCUT2D eigenvalue weighted by molar-refractivity contribution is 6.97. The molecule has 0 saturated carbocycles. The first-order chi connectivity index (χ1) is 12.4. The molecule has 0 aliphatic carbocycles. The summed E-state index contributed by atoms with van der Waals surface area (Å²) in [6.07, 6.45) is 0. The number of benzene rings is 3. The summed E-state index contributed by atoms with van der Waals surface area (Å²) in [6.45, 7) is 8.44. The summed E-state index contributed by atoms with van der Waals surface area (Å²) in [4.78, 5) is 0. The maximum atomic E-state index is 11.2. The first-order valence-electron chi connectivity index (χ1n) is 9.06. The van der Waals surface area contributed by atoms with E-state index in [2.05, 4.69) is 58.0 Å². The van der Waals surface area contributed by atoms with Gasteiger partial charge < -0.3 is 9.84 Å². The van der Waals surface area contributed by atoms with Crippen LogP contribution in [0.25, 0.3) is 0 Å². The van der Waals surface area contributed by atoms with Gasteiger partial charge in [0, 0.05) is 5.46 Å². The molecule has 1 N–H and O–H groups in total. The molecule has 0 radical (unpaired) electrons. The molecule has 0 fully saturated rings. The van der Waals surface area contributed by atoms with E-state index in [1.807, 2.05) is 30.3 Å². The minimum Gasteiger partial charge on any atom is -0.508 e. The second-order valence-electron chi connectivity index (χ2n) is 8.05. The highest BCUT2D eigenvalue weighted by atomic mass is 16.5. The van der Waals surface area contributed by atoms with Crippen molar-refractivity contribution in [2.75, 3.05) is 0 Å². The number of fused-ring (bicyclic) bond motifs is 2. The molecule has 3 aromatic rings. The second-order valence-corrected chi connectivity index (χ2v) is 8.05. The number of para-hydroxylation sites is 1. The van der Waals surface area contributed by atoms with Crippen molar-refractivity contribution >= 4 is 23.1 Å². The van der Waals surface area contributed by atoms with Crippen molar-refractivity contribution in [3.63, 3.8) is 0 Å². The molecule has 3 heteroatoms. The van der Waals surface area contributed by atoms with Crippen molar-refractivity contribution in [3.05, 3.63) is 71.8 Å². The standard InChI is InChI=1S/C23H23BO2/c1-15-9-5-6-10-17(15)24-18-11-7-8-12-19(18)26-20-14-13-16(23(2,3)4)22(25)21(20)24/h5-14,25H,1-4H3. The molecule has 0 spiro atoms. The number of ether oxygens (including phenoxy) is 1. The summed E-state index contributed by atoms with van der Waals surface area (Å²) in [5.41, 5.74) is 5.16. The lowest BCUT2D eigenvalue weighted by Gasteiger charge is -2.31. The Morgan fingerprint density at radius 1 is 0.808 bits per heavy atom. The topological polar surface area (TPSA) is 29.5 Å². The summed E-state index contributed by atoms with van der Waals surface area (Å²) in [6, 6.07) is 20.5. The number of hydrogen-bond donors (Lipinski definition) is 1. The minimum absolute atomic E-state index is 0.0431. The summed E-state index contributed by atoms with van der Waals surface area (Å²) in [7, 11) is 0. The fraction of sp³-hybridized carbons (Fsp3) is 0.217. The van der Waals surface area contributed by atoms with Crippen molar-refractivity contribution in [1.82, 2.24) is 0 Å². The first-order valence-corrected chi connectivity index (χ1v) is 9.06. The lowest BCUT2D eigenvalue weighted by molar-refractivity contribution is 0.440. The van der Waals surface area contributed by atoms with Crippen molar-refractivity contribution in [2.24, 2.45) is 0 Å². The molecule has 3 aromatic carbocycles. The lowest BCUT2D eigenvalue weighted by Crippen LogP contribution is -2.56. The number of phenolic OH excluding ortho intramolecular Hbond substituents is 1. The fourth-order valence-electron chi connectivity index (χ4n) is 3.88. The van der Waals surface area contributed by atoms with Crippen LogP contribution in [0, 0.1) is 6.92 Å². The average molecular weight is 342 g/mol. The van der Waals surface area contributed by atoms with Gasteiger partial charge in [-0.1, -0.05) is 80.3 Å². The van der Waals surface area contributed by atoms with Gasteiger partial charge in [0.1, 0.15) is 17.2 Å². The smallest absolute Gasteiger partial charge is 0.256 e. The van der Waals surface area contributed by atoms with Crippen LogP contribution in [0.2, 0.25) is 0 Å². The predicted molar refractivity (Wildman–Crippen MR) is 109 cm³/mol. The monoisotopic (exact) mass is 342 g/mol. The highest BCUT2D eigenvalue weighted by Crippen LogP contribution is 2.35. The van der Waals surface area contributed by atoms with Crippen LogP contribution >= 0.6 is 0 Å². The van der Waals surface area contributed by atoms with Crippen LogP contribution < -0.4 is 21.1 Å². The van der Waals surface area contributed by atoms with Gasteiger partial charge in [0.05, 0.1) is 0 Å². The van der Waals surface area contributed by atoms with Crippen molar-refractivity contribution in [2.45, 2.75) is 33.1 Å². The molecule has 0 atom stereocenters. The molecule has 0 unspecified atom stereocenters. The Morgan fingerprint density at radius 2 is 1.46 bits per heavy atom. The van der Waals surface area contributed by atoms with Crippen LogP contribution in [0.15, 0.2) is 60.7 Å². The van der Waals surface area contributed by atoms with E-state index < -0.39 is 0 Å². The normalized spacial score (nSPS) is 13.0. The van der Waals surface area contributed by atoms with E-state index in [9.17, 15) is 5.11 Å². The van der Waals surface area contributed by atoms with Crippen LogP contribution in [0.3, 0.4) is 0 Å². The van der Waals surface area contributed by atoms with Gasteiger partial charge in [0.25, 0.3) is 6.71 Å². The Bertz CT molecular complexity index is 975. The average Bonchev–Trinajstić information content (AvgIpc) is 2.60. The lowest BCUT2D eigenvalue weighted by atomic mass is 9.35. The zero-order valence-corrected chi connectivity index (χ0v) is 15.7. The number of phenols is 1. The maximum absolute atomic E-state index is 11.2. The quantitative estimate of drug-likeness (QED) is 0.536. The van der Waals surface area contributed by atoms with Crippen LogP contribution in [0.4, 0.5) is 0 Å². The largest absolute Gasteiger partial charge is 0.508 e. The Balaban J connectivity index is 2.04. The van der Waals surface area contributed by atoms with Gasteiger partial charge in [0.15, 0.2) is 0 Å². The number of rotatable bonds is 1. The molecule has 0 saturated heterocycles. The summed E-state index contributed by atoms with van der Waals surface area (Å²) in [5, 5.41) is 11.2. The SMILES string of the molecule is Cc1ccccc1B1c2ccccc2Oc2ccc(C(C)(C)C)c(O)c21. The van der Waals surface area contributed by atoms with Crippen LogP contribution in [0.5, 0.6) is 17.2 Å². The maximum Gasteiger partial charge on any atom is 0.256 e. The summed E-state index contributed by atoms with van der Waals surface area (Å²) >= 11 is 0. The van der Waals surface area contributed by atoms with Crippen molar-refractivity contribution in [3.8, 4) is 17.2 Å². The molecule has 0 bridgehead atoms. The molecule has 130 valence electrons. The molecule has 0 amide bonds. The van der Waals surface area contributed by atoms with E-state index in [-0.39, 0.29) is 12.1 Å². The van der Waals surface area contributed by atoms with E-state index in [1.165, 1.54) is 11.0 Å². The van der Waals surface area contributed by atoms with Crippen LogP contribution in [0.1, 0.15) is 31.9 Å². The minimum atomic E-state index is -0.146. The van der Waals surface area contributed by atoms with Crippen molar-refractivity contribution < 1.29 is 9.84 Å². The van der Waals surface area contributed by atoms with E-state index in [1.54, 1.807) is 0 Å². The third-order valence-corrected chi connectivity index (χ3v) is 5.22. The zero-order valence-electron chi connectivity index (χ0n) is 15.7. The Labute approximate surface area is 155 Å². The van der Waals surface area contributed by atoms with Crippen molar-refractivity contribution in [1.29, 1.82) is 0 Å². The molecule has 2 nitrogen and oxygen atoms in total. The van der Waals surface area contributed by atoms with Gasteiger partial charge in [-0.15, -0.1) is 0 Å². The summed E-state index contributed by atoms with van der Waals surface area (Å²) < 4.78 is 6.16. The van der Waals surface area contributed by atoms with E-state index in [4.69, 9.17) is 4.74 Å². The molecule has 1 heterocycles. The van der Waals surface area contributed by atoms with Gasteiger partial charge >= 0.3 is 0 Å². The van der Waals surface area contributed by atoms with Gasteiger partial charge in [-0.3, -0.25) is 0 Å².